The summed E-state index contributed by atoms with van der Waals surface area (Å²) in [6.07, 6.45) is 2.73. The summed E-state index contributed by atoms with van der Waals surface area (Å²) in [6.45, 7) is 0.878. The van der Waals surface area contributed by atoms with Gasteiger partial charge in [-0.1, -0.05) is 18.2 Å². The van der Waals surface area contributed by atoms with Gasteiger partial charge in [-0.05, 0) is 37.8 Å². The molecule has 0 aliphatic heterocycles. The minimum absolute atomic E-state index is 0.0212. The Morgan fingerprint density at radius 1 is 1.25 bits per heavy atom. The number of hydrogen-bond donors (Lipinski definition) is 2. The van der Waals surface area contributed by atoms with E-state index in [0.717, 1.165) is 42.1 Å². The van der Waals surface area contributed by atoms with Crippen LogP contribution in [0.4, 0.5) is 0 Å². The third-order valence-electron chi connectivity index (χ3n) is 4.22. The van der Waals surface area contributed by atoms with Gasteiger partial charge >= 0.3 is 0 Å². The molecule has 0 radical (unpaired) electrons. The van der Waals surface area contributed by atoms with E-state index in [4.69, 9.17) is 4.74 Å². The van der Waals surface area contributed by atoms with E-state index in [1.54, 1.807) is 0 Å². The van der Waals surface area contributed by atoms with Crippen LogP contribution in [0.2, 0.25) is 0 Å². The SMILES string of the molecule is O=C(NCc1csc(COc2ccccc2)n1)C1CCC(O)CC1. The van der Waals surface area contributed by atoms with E-state index in [0.29, 0.717) is 13.2 Å². The largest absolute Gasteiger partial charge is 0.486 e. The Labute approximate surface area is 145 Å². The first-order valence-electron chi connectivity index (χ1n) is 8.27. The molecule has 6 heteroatoms. The molecule has 0 atom stereocenters. The van der Waals surface area contributed by atoms with Crippen molar-refractivity contribution in [2.24, 2.45) is 5.92 Å². The van der Waals surface area contributed by atoms with E-state index in [9.17, 15) is 9.90 Å². The molecule has 0 unspecified atom stereocenters. The van der Waals surface area contributed by atoms with Crippen LogP contribution in [0, 0.1) is 5.92 Å². The molecule has 1 aliphatic carbocycles. The summed E-state index contributed by atoms with van der Waals surface area (Å²) >= 11 is 1.54. The van der Waals surface area contributed by atoms with Crippen LogP contribution in [0.15, 0.2) is 35.7 Å². The monoisotopic (exact) mass is 346 g/mol. The van der Waals surface area contributed by atoms with Crippen molar-refractivity contribution in [3.8, 4) is 5.75 Å². The van der Waals surface area contributed by atoms with Gasteiger partial charge in [-0.2, -0.15) is 0 Å². The molecule has 5 nitrogen and oxygen atoms in total. The Bertz CT molecular complexity index is 651. The molecule has 2 N–H and O–H groups in total. The maximum Gasteiger partial charge on any atom is 0.223 e. The summed E-state index contributed by atoms with van der Waals surface area (Å²) in [6, 6.07) is 9.64. The van der Waals surface area contributed by atoms with Crippen molar-refractivity contribution in [1.29, 1.82) is 0 Å². The fourth-order valence-corrected chi connectivity index (χ4v) is 3.52. The molecule has 24 heavy (non-hydrogen) atoms. The number of carbonyl (C=O) groups is 1. The van der Waals surface area contributed by atoms with E-state index in [1.807, 2.05) is 35.7 Å². The normalized spacial score (nSPS) is 20.5. The summed E-state index contributed by atoms with van der Waals surface area (Å²) in [5.74, 6) is 0.909. The second kappa shape index (κ2) is 8.26. The Hall–Kier alpha value is -1.92. The van der Waals surface area contributed by atoms with E-state index < -0.39 is 0 Å². The standard InChI is InChI=1S/C18H22N2O3S/c21-15-8-6-13(7-9-15)18(22)19-10-14-12-24-17(20-14)11-23-16-4-2-1-3-5-16/h1-5,12-13,15,21H,6-11H2,(H,19,22). The van der Waals surface area contributed by atoms with E-state index in [1.165, 1.54) is 11.3 Å². The number of rotatable bonds is 6. The molecule has 0 saturated heterocycles. The average Bonchev–Trinajstić information content (AvgIpc) is 3.07. The third kappa shape index (κ3) is 4.79. The zero-order chi connectivity index (χ0) is 16.8. The van der Waals surface area contributed by atoms with Crippen molar-refractivity contribution in [3.05, 3.63) is 46.4 Å². The van der Waals surface area contributed by atoms with Crippen molar-refractivity contribution in [3.63, 3.8) is 0 Å². The molecule has 1 aromatic carbocycles. The molecule has 1 saturated carbocycles. The van der Waals surface area contributed by atoms with Crippen molar-refractivity contribution < 1.29 is 14.6 Å². The van der Waals surface area contributed by atoms with E-state index >= 15 is 0 Å². The van der Waals surface area contributed by atoms with Gasteiger partial charge in [0.2, 0.25) is 5.91 Å². The maximum atomic E-state index is 12.2. The van der Waals surface area contributed by atoms with Gasteiger partial charge in [0.25, 0.3) is 0 Å². The molecule has 0 bridgehead atoms. The second-order valence-electron chi connectivity index (χ2n) is 6.06. The number of aliphatic hydroxyl groups is 1. The van der Waals surface area contributed by atoms with Gasteiger partial charge in [0.05, 0.1) is 18.3 Å². The number of aromatic nitrogens is 1. The van der Waals surface area contributed by atoms with Crippen LogP contribution >= 0.6 is 11.3 Å². The summed E-state index contributed by atoms with van der Waals surface area (Å²) in [7, 11) is 0. The lowest BCUT2D eigenvalue weighted by atomic mass is 9.87. The molecular weight excluding hydrogens is 324 g/mol. The number of thiazole rings is 1. The van der Waals surface area contributed by atoms with Crippen molar-refractivity contribution in [2.45, 2.75) is 44.9 Å². The van der Waals surface area contributed by atoms with Crippen LogP contribution in [0.25, 0.3) is 0 Å². The highest BCUT2D eigenvalue weighted by Crippen LogP contribution is 2.24. The lowest BCUT2D eigenvalue weighted by molar-refractivity contribution is -0.126. The Morgan fingerprint density at radius 3 is 2.75 bits per heavy atom. The van der Waals surface area contributed by atoms with Gasteiger partial charge in [-0.15, -0.1) is 11.3 Å². The summed E-state index contributed by atoms with van der Waals surface area (Å²) in [4.78, 5) is 16.6. The molecule has 0 spiro atoms. The number of nitrogens with one attached hydrogen (secondary N) is 1. The quantitative estimate of drug-likeness (QED) is 0.844. The molecule has 1 aromatic heterocycles. The number of nitrogens with zero attached hydrogens (tertiary/aromatic N) is 1. The summed E-state index contributed by atoms with van der Waals surface area (Å²) in [5, 5.41) is 15.3. The number of hydrogen-bond acceptors (Lipinski definition) is 5. The van der Waals surface area contributed by atoms with Crippen molar-refractivity contribution in [2.75, 3.05) is 0 Å². The van der Waals surface area contributed by atoms with Crippen LogP contribution < -0.4 is 10.1 Å². The molecule has 1 fully saturated rings. The molecule has 128 valence electrons. The first-order valence-corrected chi connectivity index (χ1v) is 9.15. The van der Waals surface area contributed by atoms with Crippen LogP contribution in [0.3, 0.4) is 0 Å². The Balaban J connectivity index is 1.43. The summed E-state index contributed by atoms with van der Waals surface area (Å²) < 4.78 is 5.67. The highest BCUT2D eigenvalue weighted by atomic mass is 32.1. The third-order valence-corrected chi connectivity index (χ3v) is 5.09. The number of aliphatic hydroxyl groups excluding tert-OH is 1. The topological polar surface area (TPSA) is 71.5 Å². The van der Waals surface area contributed by atoms with Crippen LogP contribution in [-0.4, -0.2) is 22.1 Å². The molecule has 1 heterocycles. The molecule has 1 aliphatic rings. The first-order chi connectivity index (χ1) is 11.7. The number of amides is 1. The van der Waals surface area contributed by atoms with Crippen LogP contribution in [0.1, 0.15) is 36.4 Å². The second-order valence-corrected chi connectivity index (χ2v) is 7.00. The number of ether oxygens (including phenoxy) is 1. The lowest BCUT2D eigenvalue weighted by Gasteiger charge is -2.24. The smallest absolute Gasteiger partial charge is 0.223 e. The van der Waals surface area contributed by atoms with E-state index in [-0.39, 0.29) is 17.9 Å². The highest BCUT2D eigenvalue weighted by Gasteiger charge is 2.24. The number of carbonyl (C=O) groups excluding carboxylic acids is 1. The molecule has 3 rings (SSSR count). The van der Waals surface area contributed by atoms with Crippen LogP contribution in [-0.2, 0) is 17.9 Å². The van der Waals surface area contributed by atoms with Gasteiger partial charge in [0.15, 0.2) is 0 Å². The molecule has 2 aromatic rings. The maximum absolute atomic E-state index is 12.2. The summed E-state index contributed by atoms with van der Waals surface area (Å²) in [5.41, 5.74) is 0.857. The fraction of sp³-hybridized carbons (Fsp3) is 0.444. The minimum atomic E-state index is -0.236. The zero-order valence-corrected chi connectivity index (χ0v) is 14.3. The van der Waals surface area contributed by atoms with Gasteiger partial charge in [-0.25, -0.2) is 4.98 Å². The van der Waals surface area contributed by atoms with Crippen LogP contribution in [0.5, 0.6) is 5.75 Å². The van der Waals surface area contributed by atoms with Gasteiger partial charge in [-0.3, -0.25) is 4.79 Å². The molecule has 1 amide bonds. The molecular formula is C18H22N2O3S. The van der Waals surface area contributed by atoms with Gasteiger partial charge < -0.3 is 15.2 Å². The van der Waals surface area contributed by atoms with E-state index in [2.05, 4.69) is 10.3 Å². The Kier molecular flexibility index (Phi) is 5.82. The predicted molar refractivity (Wildman–Crippen MR) is 92.7 cm³/mol. The van der Waals surface area contributed by atoms with Crippen molar-refractivity contribution >= 4 is 17.2 Å². The highest BCUT2D eigenvalue weighted by molar-refractivity contribution is 7.09. The van der Waals surface area contributed by atoms with Gasteiger partial charge in [0.1, 0.15) is 17.4 Å². The fourth-order valence-electron chi connectivity index (χ4n) is 2.82. The average molecular weight is 346 g/mol. The Morgan fingerprint density at radius 2 is 2.00 bits per heavy atom. The number of para-hydroxylation sites is 1. The number of benzene rings is 1. The predicted octanol–water partition coefficient (Wildman–Crippen LogP) is 2.89. The lowest BCUT2D eigenvalue weighted by Crippen LogP contribution is -2.33. The van der Waals surface area contributed by atoms with Gasteiger partial charge in [0, 0.05) is 11.3 Å². The first kappa shape index (κ1) is 16.9. The minimum Gasteiger partial charge on any atom is -0.486 e. The van der Waals surface area contributed by atoms with Crippen molar-refractivity contribution in [1.82, 2.24) is 10.3 Å². The zero-order valence-electron chi connectivity index (χ0n) is 13.5.